The van der Waals surface area contributed by atoms with E-state index in [1.165, 1.54) is 0 Å². The van der Waals surface area contributed by atoms with E-state index in [-0.39, 0.29) is 11.8 Å². The van der Waals surface area contributed by atoms with Gasteiger partial charge in [-0.1, -0.05) is 6.92 Å². The van der Waals surface area contributed by atoms with E-state index in [9.17, 15) is 9.59 Å². The monoisotopic (exact) mass is 290 g/mol. The van der Waals surface area contributed by atoms with E-state index < -0.39 is 6.04 Å². The molecule has 1 aromatic heterocycles. The second-order valence-corrected chi connectivity index (χ2v) is 5.12. The number of rotatable bonds is 4. The molecule has 21 heavy (non-hydrogen) atoms. The summed E-state index contributed by atoms with van der Waals surface area (Å²) in [5.41, 5.74) is 2.15. The maximum atomic E-state index is 12.8. The van der Waals surface area contributed by atoms with Gasteiger partial charge in [0.2, 0.25) is 5.91 Å². The van der Waals surface area contributed by atoms with E-state index in [2.05, 4.69) is 15.6 Å². The molecule has 114 valence electrons. The van der Waals surface area contributed by atoms with E-state index >= 15 is 0 Å². The molecule has 1 unspecified atom stereocenters. The highest BCUT2D eigenvalue weighted by atomic mass is 16.2. The minimum Gasteiger partial charge on any atom is -0.385 e. The summed E-state index contributed by atoms with van der Waals surface area (Å²) in [5.74, 6) is -0.220. The number of hydrogen-bond donors (Lipinski definition) is 2. The van der Waals surface area contributed by atoms with Crippen molar-refractivity contribution in [3.63, 3.8) is 0 Å². The van der Waals surface area contributed by atoms with Gasteiger partial charge in [0.25, 0.3) is 5.91 Å². The van der Waals surface area contributed by atoms with Crippen LogP contribution in [-0.4, -0.2) is 47.4 Å². The highest BCUT2D eigenvalue weighted by Crippen LogP contribution is 2.20. The summed E-state index contributed by atoms with van der Waals surface area (Å²) in [5, 5.41) is 6.00. The number of pyridine rings is 1. The first kappa shape index (κ1) is 15.3. The van der Waals surface area contributed by atoms with Crippen molar-refractivity contribution in [3.05, 3.63) is 23.5 Å². The first-order valence-electron chi connectivity index (χ1n) is 7.37. The van der Waals surface area contributed by atoms with Gasteiger partial charge in [-0.3, -0.25) is 14.6 Å². The van der Waals surface area contributed by atoms with Crippen molar-refractivity contribution >= 4 is 17.5 Å². The molecule has 6 nitrogen and oxygen atoms in total. The van der Waals surface area contributed by atoms with Crippen molar-refractivity contribution in [1.29, 1.82) is 0 Å². The van der Waals surface area contributed by atoms with Crippen molar-refractivity contribution in [1.82, 2.24) is 15.2 Å². The molecule has 2 heterocycles. The molecule has 0 bridgehead atoms. The van der Waals surface area contributed by atoms with E-state index in [4.69, 9.17) is 0 Å². The van der Waals surface area contributed by atoms with Gasteiger partial charge in [-0.05, 0) is 26.3 Å². The Bertz CT molecular complexity index is 544. The number of nitrogens with one attached hydrogen (secondary N) is 2. The molecule has 2 N–H and O–H groups in total. The summed E-state index contributed by atoms with van der Waals surface area (Å²) in [6.07, 6.45) is 2.20. The molecule has 2 rings (SSSR count). The summed E-state index contributed by atoms with van der Waals surface area (Å²) in [7, 11) is 0. The number of carbonyl (C=O) groups is 2. The predicted molar refractivity (Wildman–Crippen MR) is 81.3 cm³/mol. The standard InChI is InChI=1S/C15H22N4O2/c1-4-13-14(20)17-6-7-19(13)15(21)11-9-18-10(3)8-12(11)16-5-2/h8-9,13H,4-7H2,1-3H3,(H,16,18)(H,17,20). The first-order valence-corrected chi connectivity index (χ1v) is 7.37. The molecule has 0 saturated carbocycles. The lowest BCUT2D eigenvalue weighted by Crippen LogP contribution is -2.57. The Morgan fingerprint density at radius 2 is 2.29 bits per heavy atom. The normalized spacial score (nSPS) is 18.3. The van der Waals surface area contributed by atoms with E-state index in [0.29, 0.717) is 25.1 Å². The number of aryl methyl sites for hydroxylation is 1. The van der Waals surface area contributed by atoms with Gasteiger partial charge in [0.1, 0.15) is 6.04 Å². The van der Waals surface area contributed by atoms with Gasteiger partial charge in [0.05, 0.1) is 11.3 Å². The molecular formula is C15H22N4O2. The lowest BCUT2D eigenvalue weighted by atomic mass is 10.1. The van der Waals surface area contributed by atoms with Gasteiger partial charge >= 0.3 is 0 Å². The lowest BCUT2D eigenvalue weighted by Gasteiger charge is -2.34. The second-order valence-electron chi connectivity index (χ2n) is 5.12. The molecule has 1 saturated heterocycles. The zero-order chi connectivity index (χ0) is 15.4. The van der Waals surface area contributed by atoms with Gasteiger partial charge in [-0.15, -0.1) is 0 Å². The number of carbonyl (C=O) groups excluding carboxylic acids is 2. The van der Waals surface area contributed by atoms with Crippen LogP contribution in [0.5, 0.6) is 0 Å². The number of aromatic nitrogens is 1. The van der Waals surface area contributed by atoms with Gasteiger partial charge < -0.3 is 15.5 Å². The Hall–Kier alpha value is -2.11. The third-order valence-electron chi connectivity index (χ3n) is 3.62. The van der Waals surface area contributed by atoms with Gasteiger partial charge in [0.15, 0.2) is 0 Å². The molecule has 0 spiro atoms. The van der Waals surface area contributed by atoms with E-state index in [1.807, 2.05) is 26.8 Å². The van der Waals surface area contributed by atoms with Crippen LogP contribution in [0.15, 0.2) is 12.3 Å². The van der Waals surface area contributed by atoms with Gasteiger partial charge in [-0.2, -0.15) is 0 Å². The molecule has 2 amide bonds. The van der Waals surface area contributed by atoms with Crippen LogP contribution in [0.2, 0.25) is 0 Å². The fourth-order valence-corrected chi connectivity index (χ4v) is 2.59. The smallest absolute Gasteiger partial charge is 0.258 e. The highest BCUT2D eigenvalue weighted by molar-refractivity contribution is 6.02. The number of piperazine rings is 1. The van der Waals surface area contributed by atoms with E-state index in [1.54, 1.807) is 11.1 Å². The largest absolute Gasteiger partial charge is 0.385 e. The van der Waals surface area contributed by atoms with Crippen molar-refractivity contribution in [2.24, 2.45) is 0 Å². The Labute approximate surface area is 124 Å². The molecule has 1 fully saturated rings. The Balaban J connectivity index is 2.32. The van der Waals surface area contributed by atoms with Crippen LogP contribution in [-0.2, 0) is 4.79 Å². The second kappa shape index (κ2) is 6.56. The van der Waals surface area contributed by atoms with Crippen LogP contribution >= 0.6 is 0 Å². The fourth-order valence-electron chi connectivity index (χ4n) is 2.59. The van der Waals surface area contributed by atoms with E-state index in [0.717, 1.165) is 17.9 Å². The van der Waals surface area contributed by atoms with Crippen molar-refractivity contribution in [2.75, 3.05) is 25.0 Å². The summed E-state index contributed by atoms with van der Waals surface area (Å²) in [6.45, 7) is 7.53. The van der Waals surface area contributed by atoms with Crippen LogP contribution in [0, 0.1) is 6.92 Å². The van der Waals surface area contributed by atoms with Crippen LogP contribution in [0.3, 0.4) is 0 Å². The van der Waals surface area contributed by atoms with Gasteiger partial charge in [-0.25, -0.2) is 0 Å². The van der Waals surface area contributed by atoms with Crippen LogP contribution in [0.25, 0.3) is 0 Å². The van der Waals surface area contributed by atoms with Crippen LogP contribution in [0.1, 0.15) is 36.3 Å². The molecule has 0 aliphatic carbocycles. The number of amides is 2. The van der Waals surface area contributed by atoms with Crippen molar-refractivity contribution in [2.45, 2.75) is 33.2 Å². The molecule has 1 aromatic rings. The molecule has 0 aromatic carbocycles. The molecule has 6 heteroatoms. The van der Waals surface area contributed by atoms with Crippen LogP contribution in [0.4, 0.5) is 5.69 Å². The maximum absolute atomic E-state index is 12.8. The molecule has 1 atom stereocenters. The molecule has 1 aliphatic rings. The number of hydrogen-bond acceptors (Lipinski definition) is 4. The predicted octanol–water partition coefficient (Wildman–Crippen LogP) is 1.17. The van der Waals surface area contributed by atoms with Crippen LogP contribution < -0.4 is 10.6 Å². The number of nitrogens with zero attached hydrogens (tertiary/aromatic N) is 2. The molecule has 0 radical (unpaired) electrons. The Morgan fingerprint density at radius 3 is 2.95 bits per heavy atom. The van der Waals surface area contributed by atoms with Gasteiger partial charge in [0, 0.05) is 31.5 Å². The maximum Gasteiger partial charge on any atom is 0.258 e. The summed E-state index contributed by atoms with van der Waals surface area (Å²) < 4.78 is 0. The molecular weight excluding hydrogens is 268 g/mol. The highest BCUT2D eigenvalue weighted by Gasteiger charge is 2.33. The van der Waals surface area contributed by atoms with Crippen molar-refractivity contribution < 1.29 is 9.59 Å². The lowest BCUT2D eigenvalue weighted by molar-refractivity contribution is -0.127. The minimum atomic E-state index is -0.401. The fraction of sp³-hybridized carbons (Fsp3) is 0.533. The third-order valence-corrected chi connectivity index (χ3v) is 3.62. The Kier molecular flexibility index (Phi) is 4.77. The summed E-state index contributed by atoms with van der Waals surface area (Å²) >= 11 is 0. The third kappa shape index (κ3) is 3.15. The zero-order valence-electron chi connectivity index (χ0n) is 12.8. The topological polar surface area (TPSA) is 74.3 Å². The average molecular weight is 290 g/mol. The average Bonchev–Trinajstić information content (AvgIpc) is 2.47. The minimum absolute atomic E-state index is 0.0813. The first-order chi connectivity index (χ1) is 10.1. The van der Waals surface area contributed by atoms with Crippen molar-refractivity contribution in [3.8, 4) is 0 Å². The summed E-state index contributed by atoms with van der Waals surface area (Å²) in [4.78, 5) is 30.6. The quantitative estimate of drug-likeness (QED) is 0.873. The summed E-state index contributed by atoms with van der Waals surface area (Å²) in [6, 6.07) is 1.46. The SMILES string of the molecule is CCNc1cc(C)ncc1C(=O)N1CCNC(=O)C1CC. The number of anilines is 1. The zero-order valence-corrected chi connectivity index (χ0v) is 12.8. The Morgan fingerprint density at radius 1 is 1.52 bits per heavy atom. The molecule has 1 aliphatic heterocycles.